The minimum absolute atomic E-state index is 0.356. The van der Waals surface area contributed by atoms with Gasteiger partial charge in [0.25, 0.3) is 0 Å². The number of hydrogen-bond acceptors (Lipinski definition) is 4. The molecule has 5 heteroatoms. The van der Waals surface area contributed by atoms with Crippen LogP contribution in [0.2, 0.25) is 0 Å². The van der Waals surface area contributed by atoms with E-state index < -0.39 is 9.84 Å². The van der Waals surface area contributed by atoms with Gasteiger partial charge < -0.3 is 11.1 Å². The highest BCUT2D eigenvalue weighted by atomic mass is 32.2. The third-order valence-corrected chi connectivity index (χ3v) is 4.52. The molecule has 0 aliphatic carbocycles. The normalized spacial score (nSPS) is 17.0. The number of benzene rings is 1. The summed E-state index contributed by atoms with van der Waals surface area (Å²) in [5.41, 5.74) is 7.21. The summed E-state index contributed by atoms with van der Waals surface area (Å²) in [7, 11) is -1.55. The number of fused-ring (bicyclic) bond motifs is 1. The molecule has 86 valence electrons. The van der Waals surface area contributed by atoms with Gasteiger partial charge in [-0.1, -0.05) is 6.07 Å². The Bertz CT molecular complexity index is 547. The van der Waals surface area contributed by atoms with E-state index >= 15 is 0 Å². The summed E-state index contributed by atoms with van der Waals surface area (Å²) in [5.74, 6) is 0. The average Bonchev–Trinajstić information content (AvgIpc) is 2.51. The zero-order chi connectivity index (χ0) is 11.8. The molecule has 0 atom stereocenters. The highest BCUT2D eigenvalue weighted by Gasteiger charge is 2.28. The van der Waals surface area contributed by atoms with Crippen molar-refractivity contribution in [3.63, 3.8) is 0 Å². The summed E-state index contributed by atoms with van der Waals surface area (Å²) < 4.78 is 24.1. The molecule has 1 aliphatic rings. The molecule has 0 radical (unpaired) electrons. The highest BCUT2D eigenvalue weighted by molar-refractivity contribution is 7.95. The lowest BCUT2D eigenvalue weighted by Crippen LogP contribution is -2.15. The third kappa shape index (κ3) is 1.67. The van der Waals surface area contributed by atoms with Gasteiger partial charge in [-0.15, -0.1) is 0 Å². The first-order valence-electron chi connectivity index (χ1n) is 5.03. The molecule has 1 heterocycles. The summed E-state index contributed by atoms with van der Waals surface area (Å²) in [5, 5.41) is 2.86. The molecule has 4 nitrogen and oxygen atoms in total. The summed E-state index contributed by atoms with van der Waals surface area (Å²) in [4.78, 5) is 0.800. The Morgan fingerprint density at radius 2 is 2.12 bits per heavy atom. The van der Waals surface area contributed by atoms with E-state index in [0.717, 1.165) is 11.1 Å². The standard InChI is InChI=1S/C11H14N2O2S/c1-13-7-10-5-9-4-8(6-12)2-3-11(9)16(10,14)15/h2-5,13H,6-7,12H2,1H3. The molecule has 0 fully saturated rings. The van der Waals surface area contributed by atoms with Crippen LogP contribution in [0.4, 0.5) is 0 Å². The maximum Gasteiger partial charge on any atom is 0.204 e. The molecular weight excluding hydrogens is 224 g/mol. The van der Waals surface area contributed by atoms with E-state index in [-0.39, 0.29) is 0 Å². The summed E-state index contributed by atoms with van der Waals surface area (Å²) >= 11 is 0. The predicted molar refractivity (Wildman–Crippen MR) is 63.4 cm³/mol. The molecule has 16 heavy (non-hydrogen) atoms. The maximum atomic E-state index is 12.0. The summed E-state index contributed by atoms with van der Waals surface area (Å²) in [6.45, 7) is 0.775. The quantitative estimate of drug-likeness (QED) is 0.804. The van der Waals surface area contributed by atoms with Gasteiger partial charge in [0.2, 0.25) is 9.84 Å². The van der Waals surface area contributed by atoms with Crippen molar-refractivity contribution in [2.45, 2.75) is 11.4 Å². The van der Waals surface area contributed by atoms with Gasteiger partial charge in [-0.2, -0.15) is 0 Å². The van der Waals surface area contributed by atoms with Crippen molar-refractivity contribution in [3.05, 3.63) is 34.2 Å². The van der Waals surface area contributed by atoms with Gasteiger partial charge >= 0.3 is 0 Å². The Hall–Kier alpha value is -1.17. The Morgan fingerprint density at radius 1 is 1.38 bits per heavy atom. The molecule has 0 saturated carbocycles. The number of nitrogens with two attached hydrogens (primary N) is 1. The number of rotatable bonds is 3. The van der Waals surface area contributed by atoms with Gasteiger partial charge in [0.05, 0.1) is 9.80 Å². The second-order valence-electron chi connectivity index (χ2n) is 3.72. The van der Waals surface area contributed by atoms with Crippen molar-refractivity contribution in [2.75, 3.05) is 13.6 Å². The zero-order valence-corrected chi connectivity index (χ0v) is 9.84. The Morgan fingerprint density at radius 3 is 2.75 bits per heavy atom. The first-order chi connectivity index (χ1) is 7.59. The molecule has 1 aromatic carbocycles. The van der Waals surface area contributed by atoms with Crippen LogP contribution in [-0.4, -0.2) is 22.0 Å². The number of likely N-dealkylation sites (N-methyl/N-ethyl adjacent to an activating group) is 1. The molecule has 0 aromatic heterocycles. The summed E-state index contributed by atoms with van der Waals surface area (Å²) in [6, 6.07) is 5.22. The van der Waals surface area contributed by atoms with E-state index in [1.807, 2.05) is 6.07 Å². The first-order valence-corrected chi connectivity index (χ1v) is 6.51. The Balaban J connectivity index is 2.54. The fraction of sp³-hybridized carbons (Fsp3) is 0.273. The SMILES string of the molecule is CNCC1=Cc2cc(CN)ccc2S1(=O)=O. The largest absolute Gasteiger partial charge is 0.326 e. The van der Waals surface area contributed by atoms with Gasteiger partial charge in [0, 0.05) is 13.1 Å². The molecular formula is C11H14N2O2S. The smallest absolute Gasteiger partial charge is 0.204 e. The molecule has 0 bridgehead atoms. The molecule has 0 saturated heterocycles. The van der Waals surface area contributed by atoms with Crippen LogP contribution >= 0.6 is 0 Å². The third-order valence-electron chi connectivity index (χ3n) is 2.61. The molecule has 0 unspecified atom stereocenters. The second-order valence-corrected chi connectivity index (χ2v) is 5.69. The lowest BCUT2D eigenvalue weighted by atomic mass is 10.1. The van der Waals surface area contributed by atoms with Crippen molar-refractivity contribution >= 4 is 15.9 Å². The minimum Gasteiger partial charge on any atom is -0.326 e. The van der Waals surface area contributed by atoms with E-state index in [1.165, 1.54) is 0 Å². The van der Waals surface area contributed by atoms with Crippen molar-refractivity contribution in [1.82, 2.24) is 5.32 Å². The van der Waals surface area contributed by atoms with Gasteiger partial charge in [-0.05, 0) is 36.4 Å². The van der Waals surface area contributed by atoms with Crippen LogP contribution in [0, 0.1) is 0 Å². The van der Waals surface area contributed by atoms with Crippen LogP contribution in [0.5, 0.6) is 0 Å². The van der Waals surface area contributed by atoms with Gasteiger partial charge in [-0.25, -0.2) is 8.42 Å². The van der Waals surface area contributed by atoms with E-state index in [1.54, 1.807) is 25.3 Å². The van der Waals surface area contributed by atoms with Gasteiger partial charge in [0.1, 0.15) is 0 Å². The van der Waals surface area contributed by atoms with Crippen molar-refractivity contribution in [1.29, 1.82) is 0 Å². The molecule has 3 N–H and O–H groups in total. The van der Waals surface area contributed by atoms with Crippen molar-refractivity contribution in [2.24, 2.45) is 5.73 Å². The number of hydrogen-bond donors (Lipinski definition) is 2. The molecule has 1 aromatic rings. The van der Waals surface area contributed by atoms with Crippen LogP contribution in [0.15, 0.2) is 28.0 Å². The second kappa shape index (κ2) is 4.01. The van der Waals surface area contributed by atoms with Gasteiger partial charge in [-0.3, -0.25) is 0 Å². The average molecular weight is 238 g/mol. The van der Waals surface area contributed by atoms with Crippen LogP contribution in [0.1, 0.15) is 11.1 Å². The molecule has 0 amide bonds. The van der Waals surface area contributed by atoms with Crippen LogP contribution in [0.3, 0.4) is 0 Å². The fourth-order valence-corrected chi connectivity index (χ4v) is 3.37. The van der Waals surface area contributed by atoms with Crippen LogP contribution < -0.4 is 11.1 Å². The molecule has 2 rings (SSSR count). The van der Waals surface area contributed by atoms with Gasteiger partial charge in [0.15, 0.2) is 0 Å². The van der Waals surface area contributed by atoms with Crippen molar-refractivity contribution < 1.29 is 8.42 Å². The minimum atomic E-state index is -3.28. The monoisotopic (exact) mass is 238 g/mol. The Kier molecular flexibility index (Phi) is 2.84. The molecule has 1 aliphatic heterocycles. The fourth-order valence-electron chi connectivity index (χ4n) is 1.79. The van der Waals surface area contributed by atoms with E-state index in [4.69, 9.17) is 5.73 Å². The lowest BCUT2D eigenvalue weighted by Gasteiger charge is -2.03. The summed E-state index contributed by atoms with van der Waals surface area (Å²) in [6.07, 6.45) is 1.71. The van der Waals surface area contributed by atoms with Crippen molar-refractivity contribution in [3.8, 4) is 0 Å². The van der Waals surface area contributed by atoms with E-state index in [2.05, 4.69) is 5.32 Å². The Labute approximate surface area is 95.1 Å². The predicted octanol–water partition coefficient (Wildman–Crippen LogP) is 0.493. The first kappa shape index (κ1) is 11.3. The number of nitrogens with one attached hydrogen (secondary N) is 1. The topological polar surface area (TPSA) is 72.2 Å². The highest BCUT2D eigenvalue weighted by Crippen LogP contribution is 2.32. The number of sulfone groups is 1. The maximum absolute atomic E-state index is 12.0. The zero-order valence-electron chi connectivity index (χ0n) is 9.03. The molecule has 0 spiro atoms. The van der Waals surface area contributed by atoms with Crippen LogP contribution in [0.25, 0.3) is 6.08 Å². The van der Waals surface area contributed by atoms with Crippen LogP contribution in [-0.2, 0) is 16.4 Å². The lowest BCUT2D eigenvalue weighted by molar-refractivity contribution is 0.601. The van der Waals surface area contributed by atoms with E-state index in [0.29, 0.717) is 22.9 Å². The van der Waals surface area contributed by atoms with E-state index in [9.17, 15) is 8.42 Å².